The van der Waals surface area contributed by atoms with E-state index in [4.69, 9.17) is 5.73 Å². The Bertz CT molecular complexity index is 482. The van der Waals surface area contributed by atoms with E-state index in [9.17, 15) is 0 Å². The summed E-state index contributed by atoms with van der Waals surface area (Å²) in [6, 6.07) is 7.66. The second kappa shape index (κ2) is 4.67. The Morgan fingerprint density at radius 1 is 1.25 bits per heavy atom. The molecule has 1 unspecified atom stereocenters. The molecule has 1 aromatic heterocycles. The van der Waals surface area contributed by atoms with Crippen LogP contribution in [0.25, 0.3) is 11.3 Å². The van der Waals surface area contributed by atoms with Crippen molar-refractivity contribution in [2.24, 2.45) is 5.73 Å². The van der Waals surface area contributed by atoms with Gasteiger partial charge in [-0.3, -0.25) is 0 Å². The van der Waals surface area contributed by atoms with Gasteiger partial charge in [0.1, 0.15) is 0 Å². The Hall–Kier alpha value is -1.33. The van der Waals surface area contributed by atoms with Gasteiger partial charge in [0.05, 0.1) is 17.9 Å². The van der Waals surface area contributed by atoms with E-state index >= 15 is 0 Å². The van der Waals surface area contributed by atoms with Crippen LogP contribution < -0.4 is 5.73 Å². The Kier molecular flexibility index (Phi) is 3.26. The lowest BCUT2D eigenvalue weighted by molar-refractivity contribution is 0.710. The summed E-state index contributed by atoms with van der Waals surface area (Å²) in [7, 11) is 0. The van der Waals surface area contributed by atoms with Crippen molar-refractivity contribution in [1.82, 2.24) is 15.2 Å². The van der Waals surface area contributed by atoms with Crippen LogP contribution in [0.2, 0.25) is 0 Å². The zero-order valence-corrected chi connectivity index (χ0v) is 10.3. The van der Waals surface area contributed by atoms with Crippen molar-refractivity contribution in [2.45, 2.75) is 13.0 Å². The highest BCUT2D eigenvalue weighted by Crippen LogP contribution is 2.19. The Morgan fingerprint density at radius 3 is 2.56 bits per heavy atom. The number of aromatic nitrogens is 3. The van der Waals surface area contributed by atoms with Crippen molar-refractivity contribution >= 4 is 15.9 Å². The van der Waals surface area contributed by atoms with E-state index in [2.05, 4.69) is 31.1 Å². The second-order valence-corrected chi connectivity index (χ2v) is 4.41. The van der Waals surface area contributed by atoms with Crippen molar-refractivity contribution in [3.63, 3.8) is 0 Å². The normalized spacial score (nSPS) is 12.4. The molecule has 4 nitrogen and oxygen atoms in total. The molecule has 2 rings (SSSR count). The van der Waals surface area contributed by atoms with Crippen LogP contribution in [-0.2, 0) is 0 Å². The van der Waals surface area contributed by atoms with Gasteiger partial charge in [0.25, 0.3) is 0 Å². The highest BCUT2D eigenvalue weighted by atomic mass is 79.9. The van der Waals surface area contributed by atoms with Crippen molar-refractivity contribution in [3.8, 4) is 11.3 Å². The molecule has 0 saturated carbocycles. The molecule has 0 bridgehead atoms. The van der Waals surface area contributed by atoms with Crippen molar-refractivity contribution in [2.75, 3.05) is 0 Å². The number of nitrogens with two attached hydrogens (primary N) is 1. The van der Waals surface area contributed by atoms with Gasteiger partial charge in [-0.25, -0.2) is 4.98 Å². The highest BCUT2D eigenvalue weighted by molar-refractivity contribution is 9.10. The monoisotopic (exact) mass is 278 g/mol. The second-order valence-electron chi connectivity index (χ2n) is 3.50. The molecule has 1 atom stereocenters. The molecular weight excluding hydrogens is 268 g/mol. The molecule has 0 aliphatic heterocycles. The van der Waals surface area contributed by atoms with Gasteiger partial charge in [-0.15, -0.1) is 5.10 Å². The van der Waals surface area contributed by atoms with E-state index < -0.39 is 0 Å². The van der Waals surface area contributed by atoms with E-state index in [1.807, 2.05) is 31.2 Å². The van der Waals surface area contributed by atoms with Crippen molar-refractivity contribution < 1.29 is 0 Å². The third-order valence-corrected chi connectivity index (χ3v) is 2.65. The summed E-state index contributed by atoms with van der Waals surface area (Å²) < 4.78 is 1.03. The molecule has 16 heavy (non-hydrogen) atoms. The fourth-order valence-electron chi connectivity index (χ4n) is 1.27. The summed E-state index contributed by atoms with van der Waals surface area (Å²) >= 11 is 3.39. The SMILES string of the molecule is CC(N)c1nncc(-c2ccc(Br)cc2)n1. The minimum absolute atomic E-state index is 0.206. The summed E-state index contributed by atoms with van der Waals surface area (Å²) in [6.45, 7) is 1.84. The summed E-state index contributed by atoms with van der Waals surface area (Å²) in [5.41, 5.74) is 7.50. The first-order valence-corrected chi connectivity index (χ1v) is 5.67. The lowest BCUT2D eigenvalue weighted by Gasteiger charge is -2.05. The molecular formula is C11H11BrN4. The predicted octanol–water partition coefficient (Wildman–Crippen LogP) is 2.32. The van der Waals surface area contributed by atoms with Crippen LogP contribution in [0, 0.1) is 0 Å². The highest BCUT2D eigenvalue weighted by Gasteiger charge is 2.06. The topological polar surface area (TPSA) is 64.7 Å². The Morgan fingerprint density at radius 2 is 1.94 bits per heavy atom. The molecule has 0 fully saturated rings. The fourth-order valence-corrected chi connectivity index (χ4v) is 1.53. The molecule has 0 radical (unpaired) electrons. The summed E-state index contributed by atoms with van der Waals surface area (Å²) in [5, 5.41) is 7.79. The maximum Gasteiger partial charge on any atom is 0.168 e. The zero-order valence-electron chi connectivity index (χ0n) is 8.76. The number of hydrogen-bond acceptors (Lipinski definition) is 4. The van der Waals surface area contributed by atoms with Gasteiger partial charge < -0.3 is 5.73 Å². The van der Waals surface area contributed by atoms with E-state index in [-0.39, 0.29) is 6.04 Å². The molecule has 82 valence electrons. The molecule has 2 aromatic rings. The van der Waals surface area contributed by atoms with E-state index in [0.29, 0.717) is 5.82 Å². The molecule has 0 amide bonds. The van der Waals surface area contributed by atoms with E-state index in [1.54, 1.807) is 6.20 Å². The van der Waals surface area contributed by atoms with Crippen molar-refractivity contribution in [1.29, 1.82) is 0 Å². The van der Waals surface area contributed by atoms with Crippen LogP contribution in [0.15, 0.2) is 34.9 Å². The summed E-state index contributed by atoms with van der Waals surface area (Å²) in [4.78, 5) is 4.36. The first kappa shape index (κ1) is 11.2. The maximum absolute atomic E-state index is 5.71. The average Bonchev–Trinajstić information content (AvgIpc) is 2.30. The molecule has 1 heterocycles. The van der Waals surface area contributed by atoms with Gasteiger partial charge >= 0.3 is 0 Å². The molecule has 1 aromatic carbocycles. The zero-order chi connectivity index (χ0) is 11.5. The van der Waals surface area contributed by atoms with Crippen LogP contribution in [0.1, 0.15) is 18.8 Å². The van der Waals surface area contributed by atoms with Crippen LogP contribution in [0.4, 0.5) is 0 Å². The number of halogens is 1. The maximum atomic E-state index is 5.71. The third-order valence-electron chi connectivity index (χ3n) is 2.12. The number of benzene rings is 1. The lowest BCUT2D eigenvalue weighted by atomic mass is 10.2. The van der Waals surface area contributed by atoms with Gasteiger partial charge in [0, 0.05) is 10.0 Å². The quantitative estimate of drug-likeness (QED) is 0.916. The molecule has 0 aliphatic rings. The number of nitrogens with zero attached hydrogens (tertiary/aromatic N) is 3. The van der Waals surface area contributed by atoms with Crippen LogP contribution in [0.3, 0.4) is 0 Å². The molecule has 0 spiro atoms. The minimum atomic E-state index is -0.206. The summed E-state index contributed by atoms with van der Waals surface area (Å²) in [6.07, 6.45) is 1.63. The molecule has 0 saturated heterocycles. The fraction of sp³-hybridized carbons (Fsp3) is 0.182. The van der Waals surface area contributed by atoms with Gasteiger partial charge in [-0.1, -0.05) is 28.1 Å². The lowest BCUT2D eigenvalue weighted by Crippen LogP contribution is -2.11. The van der Waals surface area contributed by atoms with Gasteiger partial charge in [-0.05, 0) is 19.1 Å². The number of hydrogen-bond donors (Lipinski definition) is 1. The van der Waals surface area contributed by atoms with Crippen LogP contribution in [0.5, 0.6) is 0 Å². The van der Waals surface area contributed by atoms with Crippen LogP contribution in [-0.4, -0.2) is 15.2 Å². The Labute approximate surface area is 102 Å². The number of rotatable bonds is 2. The van der Waals surface area contributed by atoms with E-state index in [0.717, 1.165) is 15.7 Å². The van der Waals surface area contributed by atoms with Crippen LogP contribution >= 0.6 is 15.9 Å². The Balaban J connectivity index is 2.40. The molecule has 5 heteroatoms. The largest absolute Gasteiger partial charge is 0.321 e. The van der Waals surface area contributed by atoms with Gasteiger partial charge in [0.2, 0.25) is 0 Å². The standard InChI is InChI=1S/C11H11BrN4/c1-7(13)11-15-10(6-14-16-11)8-2-4-9(12)5-3-8/h2-7H,13H2,1H3. The smallest absolute Gasteiger partial charge is 0.168 e. The minimum Gasteiger partial charge on any atom is -0.321 e. The third kappa shape index (κ3) is 2.43. The van der Waals surface area contributed by atoms with Gasteiger partial charge in [-0.2, -0.15) is 5.10 Å². The predicted molar refractivity (Wildman–Crippen MR) is 65.6 cm³/mol. The van der Waals surface area contributed by atoms with Gasteiger partial charge in [0.15, 0.2) is 5.82 Å². The van der Waals surface area contributed by atoms with Crippen molar-refractivity contribution in [3.05, 3.63) is 40.8 Å². The first-order valence-electron chi connectivity index (χ1n) is 4.88. The summed E-state index contributed by atoms with van der Waals surface area (Å²) in [5.74, 6) is 0.556. The molecule has 0 aliphatic carbocycles. The average molecular weight is 279 g/mol. The van der Waals surface area contributed by atoms with E-state index in [1.165, 1.54) is 0 Å². The first-order chi connectivity index (χ1) is 7.66. The molecule has 2 N–H and O–H groups in total.